The minimum absolute atomic E-state index is 0.0496. The number of carbonyl (C=O) groups excluding carboxylic acids is 1. The van der Waals surface area contributed by atoms with Gasteiger partial charge in [-0.05, 0) is 25.0 Å². The highest BCUT2D eigenvalue weighted by Gasteiger charge is 2.25. The van der Waals surface area contributed by atoms with Gasteiger partial charge < -0.3 is 11.1 Å². The van der Waals surface area contributed by atoms with E-state index in [0.717, 1.165) is 0 Å². The van der Waals surface area contributed by atoms with Gasteiger partial charge in [0, 0.05) is 17.7 Å². The highest BCUT2D eigenvalue weighted by molar-refractivity contribution is 7.91. The van der Waals surface area contributed by atoms with E-state index in [2.05, 4.69) is 5.32 Å². The van der Waals surface area contributed by atoms with Gasteiger partial charge in [0.2, 0.25) is 5.91 Å². The van der Waals surface area contributed by atoms with Gasteiger partial charge in [-0.15, -0.1) is 0 Å². The summed E-state index contributed by atoms with van der Waals surface area (Å²) in [5.41, 5.74) is 5.33. The number of hydrogen-bond donors (Lipinski definition) is 2. The molecule has 3 N–H and O–H groups in total. The highest BCUT2D eigenvalue weighted by atomic mass is 32.2. The molecule has 1 aliphatic heterocycles. The molecule has 1 fully saturated rings. The molecule has 9 heteroatoms. The molecule has 1 amide bonds. The standard InChI is InChI=1S/C12H15N3O5S/c13-12(16)8-1-2-11(15(17)18)10(7-8)14-9-3-5-21(19,20)6-4-9/h1-2,7,9,14H,3-6H2,(H2,13,16). The molecule has 8 nitrogen and oxygen atoms in total. The van der Waals surface area contributed by atoms with Crippen LogP contribution in [0.4, 0.5) is 11.4 Å². The van der Waals surface area contributed by atoms with Gasteiger partial charge in [0.1, 0.15) is 15.5 Å². The molecular weight excluding hydrogens is 298 g/mol. The molecule has 1 heterocycles. The molecule has 0 atom stereocenters. The molecule has 0 unspecified atom stereocenters. The van der Waals surface area contributed by atoms with E-state index in [1.165, 1.54) is 18.2 Å². The van der Waals surface area contributed by atoms with Crippen molar-refractivity contribution in [1.82, 2.24) is 0 Å². The zero-order valence-electron chi connectivity index (χ0n) is 11.1. The molecule has 1 saturated heterocycles. The fraction of sp³-hybridized carbons (Fsp3) is 0.417. The first-order chi connectivity index (χ1) is 9.78. The van der Waals surface area contributed by atoms with Crippen LogP contribution in [0.3, 0.4) is 0 Å². The minimum atomic E-state index is -3.00. The third kappa shape index (κ3) is 3.69. The molecule has 21 heavy (non-hydrogen) atoms. The molecule has 2 rings (SSSR count). The summed E-state index contributed by atoms with van der Waals surface area (Å²) >= 11 is 0. The summed E-state index contributed by atoms with van der Waals surface area (Å²) in [6.45, 7) is 0. The third-order valence-corrected chi connectivity index (χ3v) is 5.11. The lowest BCUT2D eigenvalue weighted by Gasteiger charge is -2.24. The Morgan fingerprint density at radius 1 is 1.33 bits per heavy atom. The molecule has 0 bridgehead atoms. The quantitative estimate of drug-likeness (QED) is 0.620. The number of nitro benzene ring substituents is 1. The average Bonchev–Trinajstić information content (AvgIpc) is 2.40. The van der Waals surface area contributed by atoms with Crippen LogP contribution in [-0.2, 0) is 9.84 Å². The molecular formula is C12H15N3O5S. The number of rotatable bonds is 4. The molecule has 1 aromatic carbocycles. The second-order valence-corrected chi connectivity index (χ2v) is 7.23. The third-order valence-electron chi connectivity index (χ3n) is 3.39. The lowest BCUT2D eigenvalue weighted by atomic mass is 10.1. The van der Waals surface area contributed by atoms with Gasteiger partial charge >= 0.3 is 0 Å². The van der Waals surface area contributed by atoms with E-state index in [1.54, 1.807) is 0 Å². The Labute approximate surface area is 121 Å². The van der Waals surface area contributed by atoms with Crippen LogP contribution in [0.15, 0.2) is 18.2 Å². The molecule has 0 aromatic heterocycles. The maximum atomic E-state index is 11.4. The number of anilines is 1. The Morgan fingerprint density at radius 2 is 1.95 bits per heavy atom. The maximum absolute atomic E-state index is 11.4. The average molecular weight is 313 g/mol. The molecule has 1 aromatic rings. The van der Waals surface area contributed by atoms with E-state index in [9.17, 15) is 23.3 Å². The Kier molecular flexibility index (Phi) is 4.12. The van der Waals surface area contributed by atoms with Gasteiger partial charge in [0.15, 0.2) is 0 Å². The van der Waals surface area contributed by atoms with Crippen LogP contribution in [0.5, 0.6) is 0 Å². The largest absolute Gasteiger partial charge is 0.377 e. The number of sulfone groups is 1. The van der Waals surface area contributed by atoms with Crippen LogP contribution in [0.25, 0.3) is 0 Å². The fourth-order valence-electron chi connectivity index (χ4n) is 2.22. The first-order valence-corrected chi connectivity index (χ1v) is 8.16. The van der Waals surface area contributed by atoms with Crippen molar-refractivity contribution in [2.75, 3.05) is 16.8 Å². The Balaban J connectivity index is 2.23. The molecule has 114 valence electrons. The van der Waals surface area contributed by atoms with E-state index in [4.69, 9.17) is 5.73 Å². The predicted octanol–water partition coefficient (Wildman–Crippen LogP) is 0.683. The van der Waals surface area contributed by atoms with Gasteiger partial charge in [-0.3, -0.25) is 14.9 Å². The number of primary amides is 1. The SMILES string of the molecule is NC(=O)c1ccc([N+](=O)[O-])c(NC2CCS(=O)(=O)CC2)c1. The van der Waals surface area contributed by atoms with Crippen molar-refractivity contribution in [2.24, 2.45) is 5.73 Å². The van der Waals surface area contributed by atoms with Gasteiger partial charge in [-0.1, -0.05) is 0 Å². The van der Waals surface area contributed by atoms with Gasteiger partial charge in [-0.25, -0.2) is 8.42 Å². The van der Waals surface area contributed by atoms with Crippen molar-refractivity contribution in [1.29, 1.82) is 0 Å². The molecule has 0 saturated carbocycles. The number of nitro groups is 1. The molecule has 0 radical (unpaired) electrons. The van der Waals surface area contributed by atoms with Crippen molar-refractivity contribution < 1.29 is 18.1 Å². The number of nitrogens with one attached hydrogen (secondary N) is 1. The second-order valence-electron chi connectivity index (χ2n) is 4.92. The summed E-state index contributed by atoms with van der Waals surface area (Å²) in [4.78, 5) is 21.6. The van der Waals surface area contributed by atoms with Gasteiger partial charge in [-0.2, -0.15) is 0 Å². The lowest BCUT2D eigenvalue weighted by Crippen LogP contribution is -2.32. The summed E-state index contributed by atoms with van der Waals surface area (Å²) in [5.74, 6) is -0.582. The number of nitrogens with zero attached hydrogens (tertiary/aromatic N) is 1. The summed E-state index contributed by atoms with van der Waals surface area (Å²) in [7, 11) is -3.00. The first-order valence-electron chi connectivity index (χ1n) is 6.34. The number of amides is 1. The maximum Gasteiger partial charge on any atom is 0.292 e. The van der Waals surface area contributed by atoms with E-state index in [1.807, 2.05) is 0 Å². The topological polar surface area (TPSA) is 132 Å². The summed E-state index contributed by atoms with van der Waals surface area (Å²) in [6.07, 6.45) is 0.751. The second kappa shape index (κ2) is 5.68. The van der Waals surface area contributed by atoms with E-state index in [0.29, 0.717) is 12.8 Å². The van der Waals surface area contributed by atoms with Crippen LogP contribution >= 0.6 is 0 Å². The Hall–Kier alpha value is -2.16. The Bertz CT molecular complexity index is 672. The minimum Gasteiger partial charge on any atom is -0.377 e. The molecule has 0 spiro atoms. The van der Waals surface area contributed by atoms with Crippen molar-refractivity contribution in [3.05, 3.63) is 33.9 Å². The zero-order chi connectivity index (χ0) is 15.6. The monoisotopic (exact) mass is 313 g/mol. The Morgan fingerprint density at radius 3 is 2.48 bits per heavy atom. The smallest absolute Gasteiger partial charge is 0.292 e. The number of carbonyl (C=O) groups is 1. The van der Waals surface area contributed by atoms with Crippen LogP contribution in [0, 0.1) is 10.1 Å². The van der Waals surface area contributed by atoms with Crippen molar-refractivity contribution in [3.63, 3.8) is 0 Å². The van der Waals surface area contributed by atoms with Crippen LogP contribution < -0.4 is 11.1 Å². The summed E-state index contributed by atoms with van der Waals surface area (Å²) in [5, 5.41) is 14.0. The van der Waals surface area contributed by atoms with Crippen LogP contribution in [0.2, 0.25) is 0 Å². The van der Waals surface area contributed by atoms with Gasteiger partial charge in [0.05, 0.1) is 16.4 Å². The number of benzene rings is 1. The normalized spacial score (nSPS) is 18.1. The van der Waals surface area contributed by atoms with Crippen molar-refractivity contribution in [3.8, 4) is 0 Å². The zero-order valence-corrected chi connectivity index (χ0v) is 11.9. The van der Waals surface area contributed by atoms with E-state index in [-0.39, 0.29) is 34.5 Å². The van der Waals surface area contributed by atoms with Crippen molar-refractivity contribution in [2.45, 2.75) is 18.9 Å². The van der Waals surface area contributed by atoms with E-state index < -0.39 is 20.7 Å². The fourth-order valence-corrected chi connectivity index (χ4v) is 3.71. The van der Waals surface area contributed by atoms with E-state index >= 15 is 0 Å². The molecule has 0 aliphatic carbocycles. The summed E-state index contributed by atoms with van der Waals surface area (Å²) in [6, 6.07) is 3.64. The first kappa shape index (κ1) is 15.2. The van der Waals surface area contributed by atoms with Crippen molar-refractivity contribution >= 4 is 27.1 Å². The lowest BCUT2D eigenvalue weighted by molar-refractivity contribution is -0.384. The van der Waals surface area contributed by atoms with Crippen LogP contribution in [-0.4, -0.2) is 36.8 Å². The van der Waals surface area contributed by atoms with Gasteiger partial charge in [0.25, 0.3) is 5.69 Å². The number of hydrogen-bond acceptors (Lipinski definition) is 6. The highest BCUT2D eigenvalue weighted by Crippen LogP contribution is 2.28. The summed E-state index contributed by atoms with van der Waals surface area (Å²) < 4.78 is 22.7. The number of nitrogens with two attached hydrogens (primary N) is 1. The predicted molar refractivity (Wildman–Crippen MR) is 76.9 cm³/mol. The van der Waals surface area contributed by atoms with Crippen LogP contribution in [0.1, 0.15) is 23.2 Å². The molecule has 1 aliphatic rings.